The third-order valence-electron chi connectivity index (χ3n) is 2.16. The molecule has 0 aromatic heterocycles. The summed E-state index contributed by atoms with van der Waals surface area (Å²) in [6.07, 6.45) is 5.11. The average molecular weight is 176 g/mol. The number of hydrogen-bond donors (Lipinski definition) is 0. The minimum Gasteiger partial charge on any atom is -0.303 e. The topological polar surface area (TPSA) is 17.1 Å². The van der Waals surface area contributed by atoms with Gasteiger partial charge in [-0.3, -0.25) is 0 Å². The molecule has 0 heterocycles. The predicted molar refractivity (Wildman–Crippen MR) is 54.8 cm³/mol. The molecule has 0 fully saturated rings. The summed E-state index contributed by atoms with van der Waals surface area (Å²) in [5.74, 6) is 0. The van der Waals surface area contributed by atoms with Crippen LogP contribution >= 0.6 is 0 Å². The second-order valence-electron chi connectivity index (χ2n) is 3.29. The van der Waals surface area contributed by atoms with Gasteiger partial charge in [0.1, 0.15) is 6.29 Å². The Kier molecular flexibility index (Phi) is 4.24. The van der Waals surface area contributed by atoms with E-state index in [1.807, 2.05) is 12.1 Å². The largest absolute Gasteiger partial charge is 0.303 e. The number of rotatable bonds is 5. The van der Waals surface area contributed by atoms with Gasteiger partial charge >= 0.3 is 0 Å². The Morgan fingerprint density at radius 2 is 1.77 bits per heavy atom. The molecule has 1 heteroatoms. The second-order valence-corrected chi connectivity index (χ2v) is 3.29. The highest BCUT2D eigenvalue weighted by molar-refractivity contribution is 5.54. The molecule has 0 aliphatic rings. The summed E-state index contributed by atoms with van der Waals surface area (Å²) in [5, 5.41) is 0. The molecular formula is C12H16O. The summed E-state index contributed by atoms with van der Waals surface area (Å²) in [4.78, 5) is 10.2. The van der Waals surface area contributed by atoms with Crippen molar-refractivity contribution in [1.29, 1.82) is 0 Å². The van der Waals surface area contributed by atoms with Crippen molar-refractivity contribution < 1.29 is 4.79 Å². The van der Waals surface area contributed by atoms with Crippen LogP contribution in [0.5, 0.6) is 0 Å². The van der Waals surface area contributed by atoms with Gasteiger partial charge in [-0.05, 0) is 24.0 Å². The highest BCUT2D eigenvalue weighted by atomic mass is 16.1. The number of aryl methyl sites for hydroxylation is 1. The monoisotopic (exact) mass is 176 g/mol. The van der Waals surface area contributed by atoms with Gasteiger partial charge in [0.2, 0.25) is 0 Å². The molecule has 13 heavy (non-hydrogen) atoms. The lowest BCUT2D eigenvalue weighted by Gasteiger charge is -2.00. The Balaban J connectivity index is 2.53. The summed E-state index contributed by atoms with van der Waals surface area (Å²) in [6, 6.07) is 8.32. The molecule has 0 amide bonds. The van der Waals surface area contributed by atoms with Crippen molar-refractivity contribution in [3.63, 3.8) is 0 Å². The molecule has 0 aliphatic carbocycles. The molecule has 0 bridgehead atoms. The highest BCUT2D eigenvalue weighted by Crippen LogP contribution is 2.07. The van der Waals surface area contributed by atoms with Gasteiger partial charge in [0.05, 0.1) is 0 Å². The number of aldehydes is 1. The zero-order chi connectivity index (χ0) is 9.52. The van der Waals surface area contributed by atoms with Crippen LogP contribution in [0.25, 0.3) is 0 Å². The first-order chi connectivity index (χ1) is 6.36. The van der Waals surface area contributed by atoms with Crippen LogP contribution in [0.1, 0.15) is 30.9 Å². The van der Waals surface area contributed by atoms with Gasteiger partial charge in [-0.1, -0.05) is 37.6 Å². The molecule has 0 N–H and O–H groups in total. The predicted octanol–water partition coefficient (Wildman–Crippen LogP) is 2.77. The van der Waals surface area contributed by atoms with Crippen LogP contribution in [0, 0.1) is 0 Å². The van der Waals surface area contributed by atoms with Crippen LogP contribution in [-0.4, -0.2) is 6.29 Å². The molecule has 0 spiro atoms. The van der Waals surface area contributed by atoms with E-state index in [1.165, 1.54) is 18.4 Å². The van der Waals surface area contributed by atoms with Crippen molar-refractivity contribution in [2.24, 2.45) is 0 Å². The van der Waals surface area contributed by atoms with Crippen molar-refractivity contribution in [2.45, 2.75) is 32.6 Å². The third kappa shape index (κ3) is 3.41. The van der Waals surface area contributed by atoms with Gasteiger partial charge in [0, 0.05) is 6.42 Å². The molecule has 1 aromatic carbocycles. The van der Waals surface area contributed by atoms with Gasteiger partial charge in [0.15, 0.2) is 0 Å². The lowest BCUT2D eigenvalue weighted by molar-refractivity contribution is -0.107. The van der Waals surface area contributed by atoms with Gasteiger partial charge < -0.3 is 4.79 Å². The number of unbranched alkanes of at least 4 members (excludes halogenated alkanes) is 1. The zero-order valence-electron chi connectivity index (χ0n) is 8.12. The van der Waals surface area contributed by atoms with Crippen molar-refractivity contribution in [3.8, 4) is 0 Å². The standard InChI is InChI=1S/C12H16O/c1-2-3-4-11-5-7-12(8-6-11)9-10-13/h5-8,10H,2-4,9H2,1H3. The van der Waals surface area contributed by atoms with Crippen molar-refractivity contribution in [2.75, 3.05) is 0 Å². The van der Waals surface area contributed by atoms with Crippen LogP contribution in [0.4, 0.5) is 0 Å². The SMILES string of the molecule is CCCCc1ccc(CC=O)cc1. The number of hydrogen-bond acceptors (Lipinski definition) is 1. The molecule has 0 saturated heterocycles. The first-order valence-electron chi connectivity index (χ1n) is 4.88. The van der Waals surface area contributed by atoms with E-state index in [-0.39, 0.29) is 0 Å². The molecule has 1 rings (SSSR count). The molecule has 0 aliphatic heterocycles. The molecule has 1 nitrogen and oxygen atoms in total. The minimum absolute atomic E-state index is 0.536. The maximum atomic E-state index is 10.2. The van der Waals surface area contributed by atoms with E-state index in [9.17, 15) is 4.79 Å². The normalized spacial score (nSPS) is 9.92. The molecule has 1 aromatic rings. The third-order valence-corrected chi connectivity index (χ3v) is 2.16. The minimum atomic E-state index is 0.536. The summed E-state index contributed by atoms with van der Waals surface area (Å²) in [5.41, 5.74) is 2.48. The Hall–Kier alpha value is -1.11. The van der Waals surface area contributed by atoms with Gasteiger partial charge in [0.25, 0.3) is 0 Å². The van der Waals surface area contributed by atoms with E-state index in [1.54, 1.807) is 0 Å². The first kappa shape index (κ1) is 9.97. The first-order valence-corrected chi connectivity index (χ1v) is 4.88. The fourth-order valence-corrected chi connectivity index (χ4v) is 1.32. The molecular weight excluding hydrogens is 160 g/mol. The number of carbonyl (C=O) groups is 1. The van der Waals surface area contributed by atoms with Crippen LogP contribution < -0.4 is 0 Å². The van der Waals surface area contributed by atoms with E-state index in [0.717, 1.165) is 18.3 Å². The lowest BCUT2D eigenvalue weighted by Crippen LogP contribution is -1.88. The molecule has 0 saturated carbocycles. The summed E-state index contributed by atoms with van der Waals surface area (Å²) < 4.78 is 0. The fraction of sp³-hybridized carbons (Fsp3) is 0.417. The van der Waals surface area contributed by atoms with E-state index in [2.05, 4.69) is 19.1 Å². The van der Waals surface area contributed by atoms with E-state index in [4.69, 9.17) is 0 Å². The van der Waals surface area contributed by atoms with Crippen LogP contribution in [-0.2, 0) is 17.6 Å². The average Bonchev–Trinajstić information content (AvgIpc) is 2.17. The Labute approximate surface area is 79.8 Å². The van der Waals surface area contributed by atoms with Crippen molar-refractivity contribution >= 4 is 6.29 Å². The van der Waals surface area contributed by atoms with Gasteiger partial charge in [-0.2, -0.15) is 0 Å². The summed E-state index contributed by atoms with van der Waals surface area (Å²) in [6.45, 7) is 2.20. The second kappa shape index (κ2) is 5.52. The van der Waals surface area contributed by atoms with Crippen molar-refractivity contribution in [3.05, 3.63) is 35.4 Å². The smallest absolute Gasteiger partial charge is 0.124 e. The fourth-order valence-electron chi connectivity index (χ4n) is 1.32. The molecule has 0 atom stereocenters. The van der Waals surface area contributed by atoms with E-state index in [0.29, 0.717) is 6.42 Å². The maximum absolute atomic E-state index is 10.2. The molecule has 0 unspecified atom stereocenters. The summed E-state index contributed by atoms with van der Waals surface area (Å²) >= 11 is 0. The van der Waals surface area contributed by atoms with Gasteiger partial charge in [-0.15, -0.1) is 0 Å². The van der Waals surface area contributed by atoms with Crippen LogP contribution in [0.3, 0.4) is 0 Å². The summed E-state index contributed by atoms with van der Waals surface area (Å²) in [7, 11) is 0. The van der Waals surface area contributed by atoms with E-state index >= 15 is 0 Å². The lowest BCUT2D eigenvalue weighted by atomic mass is 10.1. The highest BCUT2D eigenvalue weighted by Gasteiger charge is 1.93. The van der Waals surface area contributed by atoms with Gasteiger partial charge in [-0.25, -0.2) is 0 Å². The van der Waals surface area contributed by atoms with Crippen LogP contribution in [0.2, 0.25) is 0 Å². The zero-order valence-corrected chi connectivity index (χ0v) is 8.12. The maximum Gasteiger partial charge on any atom is 0.124 e. The Morgan fingerprint density at radius 3 is 2.31 bits per heavy atom. The number of benzene rings is 1. The quantitative estimate of drug-likeness (QED) is 0.630. The molecule has 70 valence electrons. The van der Waals surface area contributed by atoms with Crippen molar-refractivity contribution in [1.82, 2.24) is 0 Å². The number of carbonyl (C=O) groups excluding carboxylic acids is 1. The Bertz CT molecular complexity index is 248. The van der Waals surface area contributed by atoms with E-state index < -0.39 is 0 Å². The molecule has 0 radical (unpaired) electrons. The van der Waals surface area contributed by atoms with Crippen LogP contribution in [0.15, 0.2) is 24.3 Å². The Morgan fingerprint density at radius 1 is 1.15 bits per heavy atom.